The lowest BCUT2D eigenvalue weighted by molar-refractivity contribution is 0.0691. The van der Waals surface area contributed by atoms with Gasteiger partial charge in [0.05, 0.1) is 13.2 Å². The highest BCUT2D eigenvalue weighted by molar-refractivity contribution is 7.97. The molecule has 0 aliphatic heterocycles. The molecule has 0 unspecified atom stereocenters. The van der Waals surface area contributed by atoms with Crippen LogP contribution in [0.1, 0.15) is 61.3 Å². The third kappa shape index (κ3) is 15.5. The summed E-state index contributed by atoms with van der Waals surface area (Å²) in [5.74, 6) is 0.815. The molecule has 9 nitrogen and oxygen atoms in total. The Bertz CT molecular complexity index is 376. The lowest BCUT2D eigenvalue weighted by Crippen LogP contribution is -2.46. The average Bonchev–Trinajstić information content (AvgIpc) is 2.78. The molecule has 0 aromatic heterocycles. The first-order valence-corrected chi connectivity index (χ1v) is 18.1. The lowest BCUT2D eigenvalue weighted by Gasteiger charge is -2.28. The quantitative estimate of drug-likeness (QED) is 0.0601. The molecule has 13 heteroatoms. The summed E-state index contributed by atoms with van der Waals surface area (Å²) < 4.78 is 53.0. The Morgan fingerprint density at radius 1 is 0.545 bits per heavy atom. The molecule has 0 heterocycles. The number of hydrogen-bond donors (Lipinski definition) is 0. The van der Waals surface area contributed by atoms with Crippen molar-refractivity contribution in [1.29, 1.82) is 0 Å². The molecule has 0 fully saturated rings. The molecule has 0 aromatic carbocycles. The maximum atomic E-state index is 5.92. The predicted molar refractivity (Wildman–Crippen MR) is 138 cm³/mol. The molecule has 0 N–H and O–H groups in total. The second-order valence-electron chi connectivity index (χ2n) is 6.54. The van der Waals surface area contributed by atoms with Crippen molar-refractivity contribution in [2.75, 3.05) is 58.6 Å². The van der Waals surface area contributed by atoms with Crippen LogP contribution in [0.5, 0.6) is 0 Å². The van der Waals surface area contributed by atoms with E-state index in [1.54, 1.807) is 0 Å². The fourth-order valence-corrected chi connectivity index (χ4v) is 9.93. The van der Waals surface area contributed by atoms with E-state index >= 15 is 0 Å². The van der Waals surface area contributed by atoms with Crippen LogP contribution in [0.25, 0.3) is 0 Å². The predicted octanol–water partition coefficient (Wildman–Crippen LogP) is 5.81. The van der Waals surface area contributed by atoms with Gasteiger partial charge in [-0.3, -0.25) is 0 Å². The number of rotatable bonds is 25. The Morgan fingerprint density at radius 2 is 0.879 bits per heavy atom. The molecular formula is C20H47O9PSSi2. The van der Waals surface area contributed by atoms with E-state index in [2.05, 4.69) is 0 Å². The molecular weight excluding hydrogens is 503 g/mol. The first kappa shape index (κ1) is 33.9. The molecule has 0 amide bonds. The van der Waals surface area contributed by atoms with Crippen LogP contribution in [0.15, 0.2) is 0 Å². The molecule has 0 atom stereocenters. The van der Waals surface area contributed by atoms with Crippen molar-refractivity contribution < 1.29 is 39.6 Å². The third-order valence-electron chi connectivity index (χ3n) is 4.06. The largest absolute Gasteiger partial charge is 0.501 e. The van der Waals surface area contributed by atoms with Crippen LogP contribution in [0, 0.1) is 0 Å². The first-order chi connectivity index (χ1) is 16.0. The SMILES string of the molecule is CCO[Si](CCCOP(OCCC[Si](OCC)(OCC)OCC)OSCC)(OCC)OCC. The van der Waals surface area contributed by atoms with E-state index in [1.165, 1.54) is 12.0 Å². The fraction of sp³-hybridized carbons (Fsp3) is 1.00. The monoisotopic (exact) mass is 550 g/mol. The van der Waals surface area contributed by atoms with Gasteiger partial charge in [0.25, 0.3) is 0 Å². The second kappa shape index (κ2) is 22.1. The molecule has 0 spiro atoms. The van der Waals surface area contributed by atoms with Gasteiger partial charge < -0.3 is 35.6 Å². The zero-order chi connectivity index (χ0) is 24.8. The van der Waals surface area contributed by atoms with E-state index in [4.69, 9.17) is 39.6 Å². The molecule has 0 bridgehead atoms. The van der Waals surface area contributed by atoms with Gasteiger partial charge in [-0.1, -0.05) is 6.92 Å². The first-order valence-electron chi connectivity index (χ1n) is 12.2. The van der Waals surface area contributed by atoms with Crippen LogP contribution in [-0.4, -0.2) is 76.2 Å². The van der Waals surface area contributed by atoms with Crippen molar-refractivity contribution in [1.82, 2.24) is 0 Å². The van der Waals surface area contributed by atoms with Gasteiger partial charge in [0.1, 0.15) is 0 Å². The second-order valence-corrected chi connectivity index (χ2v) is 14.4. The highest BCUT2D eigenvalue weighted by Crippen LogP contribution is 2.44. The Kier molecular flexibility index (Phi) is 22.7. The summed E-state index contributed by atoms with van der Waals surface area (Å²) in [7, 11) is -6.79. The molecule has 0 aliphatic rings. The van der Waals surface area contributed by atoms with Crippen molar-refractivity contribution in [3.05, 3.63) is 0 Å². The van der Waals surface area contributed by atoms with E-state index in [9.17, 15) is 0 Å². The third-order valence-corrected chi connectivity index (χ3v) is 12.3. The van der Waals surface area contributed by atoms with Crippen molar-refractivity contribution >= 4 is 38.3 Å². The minimum absolute atomic E-state index is 0.480. The van der Waals surface area contributed by atoms with E-state index in [0.717, 1.165) is 18.6 Å². The molecule has 200 valence electrons. The smallest absolute Gasteiger partial charge is 0.374 e. The van der Waals surface area contributed by atoms with Crippen LogP contribution in [0.4, 0.5) is 0 Å². The standard InChI is InChI=1S/C20H47O9PSSi2/c1-8-23-32(24-9-2,25-10-3)19-15-17-21-30(29-31-14-7)22-18-16-20-33(26-11-4,27-12-5)28-13-6/h8-20H2,1-7H3. The summed E-state index contributed by atoms with van der Waals surface area (Å²) in [6.45, 7) is 18.1. The molecule has 0 rings (SSSR count). The lowest BCUT2D eigenvalue weighted by atomic mass is 10.5. The van der Waals surface area contributed by atoms with Crippen LogP contribution in [-0.2, 0) is 39.6 Å². The van der Waals surface area contributed by atoms with Gasteiger partial charge in [0.15, 0.2) is 0 Å². The van der Waals surface area contributed by atoms with Crippen molar-refractivity contribution in [2.24, 2.45) is 0 Å². The highest BCUT2D eigenvalue weighted by Gasteiger charge is 2.40. The van der Waals surface area contributed by atoms with Gasteiger partial charge in [0, 0.05) is 69.5 Å². The minimum Gasteiger partial charge on any atom is -0.374 e. The van der Waals surface area contributed by atoms with Gasteiger partial charge in [0.2, 0.25) is 0 Å². The van der Waals surface area contributed by atoms with E-state index < -0.39 is 26.2 Å². The summed E-state index contributed by atoms with van der Waals surface area (Å²) >= 11 is 1.34. The Balaban J connectivity index is 4.64. The minimum atomic E-state index is -2.67. The Hall–Kier alpha value is 0.854. The zero-order valence-corrected chi connectivity index (χ0v) is 25.4. The molecule has 33 heavy (non-hydrogen) atoms. The zero-order valence-electron chi connectivity index (χ0n) is 21.7. The Morgan fingerprint density at radius 3 is 1.15 bits per heavy atom. The molecule has 0 aliphatic carbocycles. The summed E-state index contributed by atoms with van der Waals surface area (Å²) in [6, 6.07) is 1.38. The van der Waals surface area contributed by atoms with Crippen LogP contribution in [0.2, 0.25) is 12.1 Å². The maximum Gasteiger partial charge on any atom is 0.501 e. The topological polar surface area (TPSA) is 83.1 Å². The molecule has 0 radical (unpaired) electrons. The van der Waals surface area contributed by atoms with Gasteiger partial charge in [-0.15, -0.1) is 0 Å². The van der Waals surface area contributed by atoms with Gasteiger partial charge in [-0.2, -0.15) is 0 Å². The summed E-state index contributed by atoms with van der Waals surface area (Å²) in [4.78, 5) is 0. The molecule has 0 saturated carbocycles. The van der Waals surface area contributed by atoms with Crippen molar-refractivity contribution in [2.45, 2.75) is 73.4 Å². The van der Waals surface area contributed by atoms with Crippen LogP contribution in [0.3, 0.4) is 0 Å². The Labute approximate surface area is 209 Å². The fourth-order valence-electron chi connectivity index (χ4n) is 3.03. The van der Waals surface area contributed by atoms with Crippen molar-refractivity contribution in [3.8, 4) is 0 Å². The molecule has 0 aromatic rings. The van der Waals surface area contributed by atoms with Crippen LogP contribution >= 0.6 is 20.6 Å². The van der Waals surface area contributed by atoms with Gasteiger partial charge in [-0.05, 0) is 54.4 Å². The normalized spacial score (nSPS) is 12.7. The van der Waals surface area contributed by atoms with E-state index in [-0.39, 0.29) is 0 Å². The summed E-state index contributed by atoms with van der Waals surface area (Å²) in [6.07, 6.45) is 1.48. The van der Waals surface area contributed by atoms with E-state index in [0.29, 0.717) is 64.9 Å². The number of hydrogen-bond acceptors (Lipinski definition) is 10. The maximum absolute atomic E-state index is 5.92. The van der Waals surface area contributed by atoms with Crippen LogP contribution < -0.4 is 0 Å². The average molecular weight is 551 g/mol. The summed E-state index contributed by atoms with van der Waals surface area (Å²) in [5, 5.41) is 0. The summed E-state index contributed by atoms with van der Waals surface area (Å²) in [5.41, 5.74) is 0. The van der Waals surface area contributed by atoms with Gasteiger partial charge >= 0.3 is 26.2 Å². The van der Waals surface area contributed by atoms with Crippen molar-refractivity contribution in [3.63, 3.8) is 0 Å². The van der Waals surface area contributed by atoms with Gasteiger partial charge in [-0.25, -0.2) is 3.97 Å². The molecule has 0 saturated heterocycles. The van der Waals surface area contributed by atoms with E-state index in [1.807, 2.05) is 48.5 Å². The highest BCUT2D eigenvalue weighted by atomic mass is 32.2.